The number of ether oxygens (including phenoxy) is 1. The first-order chi connectivity index (χ1) is 5.45. The fourth-order valence-corrected chi connectivity index (χ4v) is 1.56. The summed E-state index contributed by atoms with van der Waals surface area (Å²) in [7, 11) is 0. The van der Waals surface area contributed by atoms with Gasteiger partial charge in [0.05, 0.1) is 6.61 Å². The van der Waals surface area contributed by atoms with Crippen molar-refractivity contribution in [2.75, 3.05) is 19.8 Å². The molecule has 0 radical (unpaired) electrons. The van der Waals surface area contributed by atoms with E-state index in [1.165, 1.54) is 32.2 Å². The molecule has 1 N–H and O–H groups in total. The summed E-state index contributed by atoms with van der Waals surface area (Å²) in [6.45, 7) is 3.14. The van der Waals surface area contributed by atoms with Crippen molar-refractivity contribution < 1.29 is 4.74 Å². The van der Waals surface area contributed by atoms with Crippen molar-refractivity contribution in [2.24, 2.45) is 5.92 Å². The summed E-state index contributed by atoms with van der Waals surface area (Å²) in [5, 5.41) is 3.43. The monoisotopic (exact) mass is 155 g/mol. The topological polar surface area (TPSA) is 21.3 Å². The highest BCUT2D eigenvalue weighted by molar-refractivity contribution is 4.75. The fourth-order valence-electron chi connectivity index (χ4n) is 1.56. The van der Waals surface area contributed by atoms with Gasteiger partial charge in [-0.25, -0.2) is 0 Å². The number of hydrogen-bond donors (Lipinski definition) is 1. The van der Waals surface area contributed by atoms with Crippen LogP contribution in [0.4, 0.5) is 0 Å². The molecule has 11 heavy (non-hydrogen) atoms. The molecule has 64 valence electrons. The third-order valence-corrected chi connectivity index (χ3v) is 2.53. The lowest BCUT2D eigenvalue weighted by molar-refractivity contribution is 0.107. The van der Waals surface area contributed by atoms with E-state index in [9.17, 15) is 0 Å². The first kappa shape index (κ1) is 7.56. The van der Waals surface area contributed by atoms with E-state index in [1.807, 2.05) is 0 Å². The largest absolute Gasteiger partial charge is 0.380 e. The highest BCUT2D eigenvalue weighted by Crippen LogP contribution is 2.28. The second kappa shape index (κ2) is 3.55. The summed E-state index contributed by atoms with van der Waals surface area (Å²) in [6, 6.07) is 0.661. The molecule has 0 amide bonds. The van der Waals surface area contributed by atoms with Crippen molar-refractivity contribution >= 4 is 0 Å². The number of hydrogen-bond acceptors (Lipinski definition) is 2. The molecular weight excluding hydrogens is 138 g/mol. The van der Waals surface area contributed by atoms with E-state index in [0.29, 0.717) is 6.04 Å². The number of nitrogens with one attached hydrogen (secondary N) is 1. The van der Waals surface area contributed by atoms with Gasteiger partial charge >= 0.3 is 0 Å². The first-order valence-electron chi connectivity index (χ1n) is 4.76. The molecule has 1 heterocycles. The minimum absolute atomic E-state index is 0.661. The quantitative estimate of drug-likeness (QED) is 0.658. The Balaban J connectivity index is 1.51. The third kappa shape index (κ3) is 2.46. The summed E-state index contributed by atoms with van der Waals surface area (Å²) in [5.74, 6) is 0.913. The van der Waals surface area contributed by atoms with E-state index >= 15 is 0 Å². The van der Waals surface area contributed by atoms with Gasteiger partial charge in [0.2, 0.25) is 0 Å². The molecule has 2 fully saturated rings. The lowest BCUT2D eigenvalue weighted by atomic mass is 10.2. The zero-order chi connectivity index (χ0) is 7.52. The van der Waals surface area contributed by atoms with Gasteiger partial charge in [0.1, 0.15) is 0 Å². The van der Waals surface area contributed by atoms with Crippen LogP contribution >= 0.6 is 0 Å². The third-order valence-electron chi connectivity index (χ3n) is 2.53. The average Bonchev–Trinajstić information content (AvgIpc) is 2.66. The Morgan fingerprint density at radius 1 is 1.18 bits per heavy atom. The first-order valence-corrected chi connectivity index (χ1v) is 4.76. The van der Waals surface area contributed by atoms with Gasteiger partial charge in [-0.3, -0.25) is 0 Å². The molecule has 2 heteroatoms. The van der Waals surface area contributed by atoms with Crippen LogP contribution in [0.2, 0.25) is 0 Å². The zero-order valence-electron chi connectivity index (χ0n) is 7.01. The second-order valence-corrected chi connectivity index (χ2v) is 3.77. The van der Waals surface area contributed by atoms with Crippen LogP contribution in [0.15, 0.2) is 0 Å². The van der Waals surface area contributed by atoms with Gasteiger partial charge in [-0.05, 0) is 38.1 Å². The Kier molecular flexibility index (Phi) is 2.44. The lowest BCUT2D eigenvalue weighted by Gasteiger charge is -2.09. The standard InChI is InChI=1S/C9H17NO/c1-2-9(10-5-1)7-11-6-8-3-4-8/h8-10H,1-7H2. The highest BCUT2D eigenvalue weighted by atomic mass is 16.5. The maximum absolute atomic E-state index is 5.58. The van der Waals surface area contributed by atoms with E-state index in [1.54, 1.807) is 0 Å². The Labute approximate surface area is 68.3 Å². The molecule has 0 spiro atoms. The summed E-state index contributed by atoms with van der Waals surface area (Å²) in [4.78, 5) is 0. The molecule has 2 aliphatic rings. The van der Waals surface area contributed by atoms with Crippen molar-refractivity contribution in [3.8, 4) is 0 Å². The van der Waals surface area contributed by atoms with Gasteiger partial charge in [0.15, 0.2) is 0 Å². The number of rotatable bonds is 4. The van der Waals surface area contributed by atoms with Gasteiger partial charge in [-0.1, -0.05) is 0 Å². The summed E-state index contributed by atoms with van der Waals surface area (Å²) >= 11 is 0. The minimum atomic E-state index is 0.661. The second-order valence-electron chi connectivity index (χ2n) is 3.77. The maximum Gasteiger partial charge on any atom is 0.0619 e. The molecule has 0 aromatic heterocycles. The van der Waals surface area contributed by atoms with Crippen LogP contribution in [0.1, 0.15) is 25.7 Å². The van der Waals surface area contributed by atoms with Crippen LogP contribution in [0.3, 0.4) is 0 Å². The zero-order valence-corrected chi connectivity index (χ0v) is 7.01. The molecule has 2 nitrogen and oxygen atoms in total. The van der Waals surface area contributed by atoms with Gasteiger partial charge < -0.3 is 10.1 Å². The molecule has 0 aromatic carbocycles. The van der Waals surface area contributed by atoms with Crippen molar-refractivity contribution in [2.45, 2.75) is 31.7 Å². The molecule has 0 aromatic rings. The maximum atomic E-state index is 5.58. The van der Waals surface area contributed by atoms with Crippen LogP contribution in [0.25, 0.3) is 0 Å². The normalized spacial score (nSPS) is 31.1. The van der Waals surface area contributed by atoms with E-state index in [-0.39, 0.29) is 0 Å². The Morgan fingerprint density at radius 3 is 2.73 bits per heavy atom. The average molecular weight is 155 g/mol. The predicted octanol–water partition coefficient (Wildman–Crippen LogP) is 1.16. The lowest BCUT2D eigenvalue weighted by Crippen LogP contribution is -2.27. The van der Waals surface area contributed by atoms with Crippen molar-refractivity contribution in [1.29, 1.82) is 0 Å². The molecule has 1 atom stereocenters. The van der Waals surface area contributed by atoms with Crippen LogP contribution in [-0.4, -0.2) is 25.8 Å². The van der Waals surface area contributed by atoms with Gasteiger partial charge in [0, 0.05) is 12.6 Å². The molecule has 2 rings (SSSR count). The van der Waals surface area contributed by atoms with Crippen molar-refractivity contribution in [1.82, 2.24) is 5.32 Å². The smallest absolute Gasteiger partial charge is 0.0619 e. The predicted molar refractivity (Wildman–Crippen MR) is 44.6 cm³/mol. The van der Waals surface area contributed by atoms with Crippen LogP contribution in [0, 0.1) is 5.92 Å². The summed E-state index contributed by atoms with van der Waals surface area (Å²) in [5.41, 5.74) is 0. The van der Waals surface area contributed by atoms with Gasteiger partial charge in [-0.2, -0.15) is 0 Å². The minimum Gasteiger partial charge on any atom is -0.380 e. The van der Waals surface area contributed by atoms with Gasteiger partial charge in [0.25, 0.3) is 0 Å². The molecule has 1 aliphatic heterocycles. The molecule has 0 bridgehead atoms. The van der Waals surface area contributed by atoms with Crippen LogP contribution in [-0.2, 0) is 4.74 Å². The van der Waals surface area contributed by atoms with Gasteiger partial charge in [-0.15, -0.1) is 0 Å². The molecule has 1 aliphatic carbocycles. The molecular formula is C9H17NO. The molecule has 1 saturated heterocycles. The summed E-state index contributed by atoms with van der Waals surface area (Å²) in [6.07, 6.45) is 5.44. The Morgan fingerprint density at radius 2 is 2.09 bits per heavy atom. The van der Waals surface area contributed by atoms with Crippen LogP contribution in [0.5, 0.6) is 0 Å². The fraction of sp³-hybridized carbons (Fsp3) is 1.00. The van der Waals surface area contributed by atoms with Crippen LogP contribution < -0.4 is 5.32 Å². The van der Waals surface area contributed by atoms with E-state index in [2.05, 4.69) is 5.32 Å². The van der Waals surface area contributed by atoms with E-state index in [0.717, 1.165) is 19.1 Å². The van der Waals surface area contributed by atoms with Crippen molar-refractivity contribution in [3.63, 3.8) is 0 Å². The molecule has 1 saturated carbocycles. The highest BCUT2D eigenvalue weighted by Gasteiger charge is 2.22. The Hall–Kier alpha value is -0.0800. The van der Waals surface area contributed by atoms with E-state index in [4.69, 9.17) is 4.74 Å². The summed E-state index contributed by atoms with van der Waals surface area (Å²) < 4.78 is 5.58. The Bertz CT molecular complexity index is 117. The van der Waals surface area contributed by atoms with Crippen molar-refractivity contribution in [3.05, 3.63) is 0 Å². The SMILES string of the molecule is C1CNC(COCC2CC2)C1. The molecule has 1 unspecified atom stereocenters. The van der Waals surface area contributed by atoms with E-state index < -0.39 is 0 Å².